The van der Waals surface area contributed by atoms with Crippen LogP contribution in [0.4, 0.5) is 0 Å². The van der Waals surface area contributed by atoms with Crippen LogP contribution >= 0.6 is 11.3 Å². The van der Waals surface area contributed by atoms with Gasteiger partial charge in [0.15, 0.2) is 5.76 Å². The standard InChI is InChI=1S/C13H9N5O2S/c1-3-10(19-5-1)11-7-9(16-20-11)8-18-15-13(14-17-18)12-4-2-6-21-12/h1-7H,8H2. The molecule has 0 fully saturated rings. The van der Waals surface area contributed by atoms with Gasteiger partial charge in [-0.3, -0.25) is 0 Å². The summed E-state index contributed by atoms with van der Waals surface area (Å²) >= 11 is 1.57. The van der Waals surface area contributed by atoms with Crippen LogP contribution in [0.2, 0.25) is 0 Å². The molecule has 0 radical (unpaired) electrons. The largest absolute Gasteiger partial charge is 0.461 e. The fraction of sp³-hybridized carbons (Fsp3) is 0.0769. The average Bonchev–Trinajstić information content (AvgIpc) is 3.28. The van der Waals surface area contributed by atoms with Crippen LogP contribution in [0.15, 0.2) is 50.9 Å². The van der Waals surface area contributed by atoms with Gasteiger partial charge in [0.05, 0.1) is 11.1 Å². The second-order valence-electron chi connectivity index (χ2n) is 4.28. The third kappa shape index (κ3) is 2.36. The van der Waals surface area contributed by atoms with Crippen LogP contribution in [0.3, 0.4) is 0 Å². The van der Waals surface area contributed by atoms with Gasteiger partial charge in [-0.2, -0.15) is 4.80 Å². The van der Waals surface area contributed by atoms with Gasteiger partial charge in [0, 0.05) is 6.07 Å². The monoisotopic (exact) mass is 299 g/mol. The lowest BCUT2D eigenvalue weighted by Crippen LogP contribution is -2.04. The number of aromatic nitrogens is 5. The molecule has 4 rings (SSSR count). The maximum atomic E-state index is 5.25. The molecular weight excluding hydrogens is 290 g/mol. The van der Waals surface area contributed by atoms with E-state index in [4.69, 9.17) is 8.94 Å². The van der Waals surface area contributed by atoms with E-state index in [0.717, 1.165) is 4.88 Å². The summed E-state index contributed by atoms with van der Waals surface area (Å²) in [5, 5.41) is 18.3. The van der Waals surface area contributed by atoms with Crippen molar-refractivity contribution in [3.8, 4) is 22.2 Å². The molecule has 0 unspecified atom stereocenters. The summed E-state index contributed by atoms with van der Waals surface area (Å²) in [6.45, 7) is 0.391. The molecule has 8 heteroatoms. The zero-order valence-electron chi connectivity index (χ0n) is 10.7. The second-order valence-corrected chi connectivity index (χ2v) is 5.23. The molecule has 0 aromatic carbocycles. The Labute approximate surface area is 122 Å². The van der Waals surface area contributed by atoms with Crippen LogP contribution < -0.4 is 0 Å². The minimum absolute atomic E-state index is 0.391. The molecule has 0 saturated carbocycles. The van der Waals surface area contributed by atoms with E-state index >= 15 is 0 Å². The zero-order valence-corrected chi connectivity index (χ0v) is 11.5. The summed E-state index contributed by atoms with van der Waals surface area (Å²) < 4.78 is 10.5. The second kappa shape index (κ2) is 4.98. The molecule has 0 aliphatic carbocycles. The highest BCUT2D eigenvalue weighted by Crippen LogP contribution is 2.21. The lowest BCUT2D eigenvalue weighted by atomic mass is 10.3. The first-order chi connectivity index (χ1) is 10.4. The molecule has 0 bridgehead atoms. The number of hydrogen-bond donors (Lipinski definition) is 0. The van der Waals surface area contributed by atoms with Crippen LogP contribution in [0.5, 0.6) is 0 Å². The molecule has 21 heavy (non-hydrogen) atoms. The molecule has 0 atom stereocenters. The van der Waals surface area contributed by atoms with Gasteiger partial charge in [0.2, 0.25) is 11.6 Å². The third-order valence-electron chi connectivity index (χ3n) is 2.82. The molecule has 104 valence electrons. The molecule has 4 aromatic heterocycles. The maximum Gasteiger partial charge on any atom is 0.214 e. The topological polar surface area (TPSA) is 82.8 Å². The van der Waals surface area contributed by atoms with Gasteiger partial charge in [0.25, 0.3) is 0 Å². The molecule has 4 aromatic rings. The van der Waals surface area contributed by atoms with E-state index in [1.165, 1.54) is 4.80 Å². The van der Waals surface area contributed by atoms with Crippen molar-refractivity contribution in [2.45, 2.75) is 6.54 Å². The Kier molecular flexibility index (Phi) is 2.86. The molecule has 4 heterocycles. The maximum absolute atomic E-state index is 5.25. The summed E-state index contributed by atoms with van der Waals surface area (Å²) in [4.78, 5) is 2.47. The highest BCUT2D eigenvalue weighted by molar-refractivity contribution is 7.13. The molecule has 0 amide bonds. The van der Waals surface area contributed by atoms with Crippen LogP contribution in [0.1, 0.15) is 5.69 Å². The Bertz CT molecular complexity index is 761. The minimum atomic E-state index is 0.391. The van der Waals surface area contributed by atoms with E-state index < -0.39 is 0 Å². The van der Waals surface area contributed by atoms with Crippen molar-refractivity contribution in [3.05, 3.63) is 47.7 Å². The fourth-order valence-corrected chi connectivity index (χ4v) is 2.53. The van der Waals surface area contributed by atoms with Gasteiger partial charge in [-0.15, -0.1) is 21.5 Å². The van der Waals surface area contributed by atoms with Gasteiger partial charge >= 0.3 is 0 Å². The SMILES string of the molecule is c1coc(-c2cc(Cn3nnc(-c4cccs4)n3)no2)c1. The predicted octanol–water partition coefficient (Wildman–Crippen LogP) is 2.70. The Morgan fingerprint density at radius 1 is 1.19 bits per heavy atom. The van der Waals surface area contributed by atoms with Gasteiger partial charge in [-0.1, -0.05) is 11.2 Å². The Hall–Kier alpha value is -2.74. The number of furan rings is 1. The number of hydrogen-bond acceptors (Lipinski definition) is 7. The predicted molar refractivity (Wildman–Crippen MR) is 74.4 cm³/mol. The first kappa shape index (κ1) is 12.0. The van der Waals surface area contributed by atoms with Gasteiger partial charge in [0.1, 0.15) is 12.2 Å². The van der Waals surface area contributed by atoms with E-state index in [-0.39, 0.29) is 0 Å². The van der Waals surface area contributed by atoms with Crippen LogP contribution in [-0.4, -0.2) is 25.4 Å². The number of thiophene rings is 1. The van der Waals surface area contributed by atoms with Crippen LogP contribution in [0, 0.1) is 0 Å². The number of rotatable bonds is 4. The Morgan fingerprint density at radius 2 is 2.19 bits per heavy atom. The van der Waals surface area contributed by atoms with E-state index in [0.29, 0.717) is 29.6 Å². The molecule has 0 saturated heterocycles. The van der Waals surface area contributed by atoms with Crippen molar-refractivity contribution in [2.75, 3.05) is 0 Å². The molecule has 7 nitrogen and oxygen atoms in total. The molecule has 0 spiro atoms. The van der Waals surface area contributed by atoms with Crippen LogP contribution in [0.25, 0.3) is 22.2 Å². The summed E-state index contributed by atoms with van der Waals surface area (Å²) in [6, 6.07) is 9.31. The van der Waals surface area contributed by atoms with Crippen LogP contribution in [-0.2, 0) is 6.54 Å². The van der Waals surface area contributed by atoms with E-state index in [1.54, 1.807) is 29.7 Å². The highest BCUT2D eigenvalue weighted by Gasteiger charge is 2.12. The van der Waals surface area contributed by atoms with Gasteiger partial charge in [-0.25, -0.2) is 0 Å². The van der Waals surface area contributed by atoms with Crippen molar-refractivity contribution in [3.63, 3.8) is 0 Å². The van der Waals surface area contributed by atoms with Crippen molar-refractivity contribution >= 4 is 11.3 Å². The normalized spacial score (nSPS) is 11.0. The van der Waals surface area contributed by atoms with Crippen molar-refractivity contribution in [1.82, 2.24) is 25.4 Å². The Balaban J connectivity index is 1.54. The molecule has 0 aliphatic rings. The quantitative estimate of drug-likeness (QED) is 0.576. The molecule has 0 N–H and O–H groups in total. The first-order valence-corrected chi connectivity index (χ1v) is 7.07. The van der Waals surface area contributed by atoms with Crippen molar-refractivity contribution < 1.29 is 8.94 Å². The number of tetrazole rings is 1. The third-order valence-corrected chi connectivity index (χ3v) is 3.69. The molecule has 0 aliphatic heterocycles. The first-order valence-electron chi connectivity index (χ1n) is 6.19. The fourth-order valence-electron chi connectivity index (χ4n) is 1.88. The van der Waals surface area contributed by atoms with Crippen molar-refractivity contribution in [2.24, 2.45) is 0 Å². The summed E-state index contributed by atoms with van der Waals surface area (Å²) in [5.74, 6) is 1.83. The summed E-state index contributed by atoms with van der Waals surface area (Å²) in [5.41, 5.74) is 0.705. The highest BCUT2D eigenvalue weighted by atomic mass is 32.1. The van der Waals surface area contributed by atoms with E-state index in [9.17, 15) is 0 Å². The zero-order chi connectivity index (χ0) is 14.1. The van der Waals surface area contributed by atoms with Gasteiger partial charge in [-0.05, 0) is 28.8 Å². The average molecular weight is 299 g/mol. The van der Waals surface area contributed by atoms with Crippen molar-refractivity contribution in [1.29, 1.82) is 0 Å². The minimum Gasteiger partial charge on any atom is -0.461 e. The smallest absolute Gasteiger partial charge is 0.214 e. The van der Waals surface area contributed by atoms with E-state index in [2.05, 4.69) is 20.6 Å². The lowest BCUT2D eigenvalue weighted by Gasteiger charge is -1.91. The molecular formula is C13H9N5O2S. The Morgan fingerprint density at radius 3 is 3.00 bits per heavy atom. The van der Waals surface area contributed by atoms with Gasteiger partial charge < -0.3 is 8.94 Å². The lowest BCUT2D eigenvalue weighted by molar-refractivity contribution is 0.404. The number of nitrogens with zero attached hydrogens (tertiary/aromatic N) is 5. The summed E-state index contributed by atoms with van der Waals surface area (Å²) in [6.07, 6.45) is 1.59. The summed E-state index contributed by atoms with van der Waals surface area (Å²) in [7, 11) is 0. The van der Waals surface area contributed by atoms with E-state index in [1.807, 2.05) is 23.6 Å².